The van der Waals surface area contributed by atoms with Crippen LogP contribution in [0.5, 0.6) is 0 Å². The lowest BCUT2D eigenvalue weighted by molar-refractivity contribution is 0.730. The Morgan fingerprint density at radius 2 is 2.11 bits per heavy atom. The topological polar surface area (TPSA) is 16.1 Å². The Labute approximate surface area is 112 Å². The molecule has 2 nitrogen and oxygen atoms in total. The fourth-order valence-electron chi connectivity index (χ4n) is 2.51. The van der Waals surface area contributed by atoms with Gasteiger partial charge in [-0.15, -0.1) is 0 Å². The van der Waals surface area contributed by atoms with Crippen LogP contribution in [-0.2, 0) is 13.0 Å². The number of rotatable bonds is 1. The van der Waals surface area contributed by atoms with Crippen LogP contribution >= 0.6 is 11.6 Å². The zero-order valence-corrected chi connectivity index (χ0v) is 11.1. The van der Waals surface area contributed by atoms with Crippen molar-refractivity contribution in [1.29, 1.82) is 0 Å². The predicted octanol–water partition coefficient (Wildman–Crippen LogP) is 3.61. The van der Waals surface area contributed by atoms with E-state index in [9.17, 15) is 0 Å². The highest BCUT2D eigenvalue weighted by Gasteiger charge is 2.18. The van der Waals surface area contributed by atoms with Crippen molar-refractivity contribution in [1.82, 2.24) is 4.98 Å². The lowest BCUT2D eigenvalue weighted by Crippen LogP contribution is -2.30. The summed E-state index contributed by atoms with van der Waals surface area (Å²) in [5.74, 6) is 0. The third-order valence-electron chi connectivity index (χ3n) is 3.47. The van der Waals surface area contributed by atoms with Crippen LogP contribution in [-0.4, -0.2) is 11.5 Å². The Kier molecular flexibility index (Phi) is 2.96. The first-order valence-electron chi connectivity index (χ1n) is 6.17. The molecular formula is C15H15ClN2. The van der Waals surface area contributed by atoms with Crippen LogP contribution in [0.2, 0.25) is 5.02 Å². The minimum Gasteiger partial charge on any atom is -0.366 e. The number of nitrogens with zero attached hydrogens (tertiary/aromatic N) is 2. The number of anilines is 1. The summed E-state index contributed by atoms with van der Waals surface area (Å²) in [6.45, 7) is 4.09. The summed E-state index contributed by atoms with van der Waals surface area (Å²) < 4.78 is 0. The SMILES string of the molecule is Cc1ccc2c(c1)CCN(c1ccncc1Cl)C2. The molecule has 0 radical (unpaired) electrons. The number of benzene rings is 1. The number of halogens is 1. The highest BCUT2D eigenvalue weighted by Crippen LogP contribution is 2.29. The highest BCUT2D eigenvalue weighted by atomic mass is 35.5. The Morgan fingerprint density at radius 3 is 2.94 bits per heavy atom. The van der Waals surface area contributed by atoms with E-state index >= 15 is 0 Å². The Hall–Kier alpha value is -1.54. The number of hydrogen-bond donors (Lipinski definition) is 0. The van der Waals surface area contributed by atoms with E-state index in [4.69, 9.17) is 11.6 Å². The molecule has 92 valence electrons. The summed E-state index contributed by atoms with van der Waals surface area (Å²) in [7, 11) is 0. The van der Waals surface area contributed by atoms with Crippen LogP contribution in [0.3, 0.4) is 0 Å². The van der Waals surface area contributed by atoms with Crippen LogP contribution < -0.4 is 4.90 Å². The molecule has 1 aliphatic heterocycles. The molecule has 0 N–H and O–H groups in total. The van der Waals surface area contributed by atoms with E-state index in [-0.39, 0.29) is 0 Å². The number of pyridine rings is 1. The van der Waals surface area contributed by atoms with Crippen LogP contribution in [0.25, 0.3) is 0 Å². The van der Waals surface area contributed by atoms with E-state index in [2.05, 4.69) is 35.0 Å². The summed E-state index contributed by atoms with van der Waals surface area (Å²) in [4.78, 5) is 6.36. The highest BCUT2D eigenvalue weighted by molar-refractivity contribution is 6.33. The van der Waals surface area contributed by atoms with Gasteiger partial charge in [-0.2, -0.15) is 0 Å². The largest absolute Gasteiger partial charge is 0.366 e. The van der Waals surface area contributed by atoms with Crippen LogP contribution in [0.1, 0.15) is 16.7 Å². The molecule has 3 heteroatoms. The second-order valence-corrected chi connectivity index (χ2v) is 5.18. The van der Waals surface area contributed by atoms with Gasteiger partial charge >= 0.3 is 0 Å². The average molecular weight is 259 g/mol. The van der Waals surface area contributed by atoms with Gasteiger partial charge in [-0.3, -0.25) is 4.98 Å². The summed E-state index contributed by atoms with van der Waals surface area (Å²) in [6, 6.07) is 8.69. The summed E-state index contributed by atoms with van der Waals surface area (Å²) in [5, 5.41) is 0.730. The molecule has 0 amide bonds. The van der Waals surface area contributed by atoms with E-state index < -0.39 is 0 Å². The number of aromatic nitrogens is 1. The predicted molar refractivity (Wildman–Crippen MR) is 75.2 cm³/mol. The molecule has 1 aromatic carbocycles. The zero-order valence-electron chi connectivity index (χ0n) is 10.4. The molecule has 0 aliphatic carbocycles. The van der Waals surface area contributed by atoms with Gasteiger partial charge in [0.15, 0.2) is 0 Å². The van der Waals surface area contributed by atoms with Gasteiger partial charge in [0.2, 0.25) is 0 Å². The molecule has 1 aliphatic rings. The fourth-order valence-corrected chi connectivity index (χ4v) is 2.75. The van der Waals surface area contributed by atoms with E-state index in [0.29, 0.717) is 0 Å². The lowest BCUT2D eigenvalue weighted by Gasteiger charge is -2.31. The van der Waals surface area contributed by atoms with Gasteiger partial charge in [0.05, 0.1) is 10.7 Å². The number of aryl methyl sites for hydroxylation is 1. The standard InChI is InChI=1S/C15H15ClN2/c1-11-2-3-13-10-18(7-5-12(13)8-11)15-4-6-17-9-14(15)16/h2-4,6,8-9H,5,7,10H2,1H3. The van der Waals surface area contributed by atoms with Crippen molar-refractivity contribution in [3.8, 4) is 0 Å². The van der Waals surface area contributed by atoms with Crippen molar-refractivity contribution in [2.45, 2.75) is 19.9 Å². The van der Waals surface area contributed by atoms with Crippen molar-refractivity contribution >= 4 is 17.3 Å². The fraction of sp³-hybridized carbons (Fsp3) is 0.267. The Balaban J connectivity index is 1.92. The second kappa shape index (κ2) is 4.62. The number of hydrogen-bond acceptors (Lipinski definition) is 2. The third kappa shape index (κ3) is 2.08. The molecule has 0 bridgehead atoms. The van der Waals surface area contributed by atoms with Crippen LogP contribution in [0, 0.1) is 6.92 Å². The summed E-state index contributed by atoms with van der Waals surface area (Å²) in [6.07, 6.45) is 4.59. The maximum absolute atomic E-state index is 6.21. The zero-order chi connectivity index (χ0) is 12.5. The molecule has 2 aromatic rings. The molecule has 3 rings (SSSR count). The molecule has 0 spiro atoms. The second-order valence-electron chi connectivity index (χ2n) is 4.77. The first-order chi connectivity index (χ1) is 8.74. The quantitative estimate of drug-likeness (QED) is 0.777. The molecule has 1 aromatic heterocycles. The molecule has 18 heavy (non-hydrogen) atoms. The summed E-state index contributed by atoms with van der Waals surface area (Å²) in [5.41, 5.74) is 5.29. The van der Waals surface area contributed by atoms with E-state index in [1.807, 2.05) is 6.07 Å². The molecule has 2 heterocycles. The number of fused-ring (bicyclic) bond motifs is 1. The van der Waals surface area contributed by atoms with Crippen LogP contribution in [0.4, 0.5) is 5.69 Å². The third-order valence-corrected chi connectivity index (χ3v) is 3.76. The minimum absolute atomic E-state index is 0.730. The smallest absolute Gasteiger partial charge is 0.0822 e. The first-order valence-corrected chi connectivity index (χ1v) is 6.55. The molecule has 0 fully saturated rings. The van der Waals surface area contributed by atoms with Gasteiger partial charge in [0, 0.05) is 25.5 Å². The molecular weight excluding hydrogens is 244 g/mol. The lowest BCUT2D eigenvalue weighted by atomic mass is 9.97. The van der Waals surface area contributed by atoms with Crippen molar-refractivity contribution < 1.29 is 0 Å². The van der Waals surface area contributed by atoms with Gasteiger partial charge in [-0.05, 0) is 30.5 Å². The van der Waals surface area contributed by atoms with E-state index in [1.54, 1.807) is 12.4 Å². The van der Waals surface area contributed by atoms with E-state index in [1.165, 1.54) is 16.7 Å². The average Bonchev–Trinajstić information content (AvgIpc) is 2.39. The van der Waals surface area contributed by atoms with E-state index in [0.717, 1.165) is 30.2 Å². The molecule has 0 saturated carbocycles. The normalized spacial score (nSPS) is 14.4. The first kappa shape index (κ1) is 11.5. The molecule has 0 unspecified atom stereocenters. The van der Waals surface area contributed by atoms with Crippen LogP contribution in [0.15, 0.2) is 36.7 Å². The van der Waals surface area contributed by atoms with Crippen molar-refractivity contribution in [3.63, 3.8) is 0 Å². The van der Waals surface area contributed by atoms with Crippen molar-refractivity contribution in [2.24, 2.45) is 0 Å². The molecule has 0 saturated heterocycles. The van der Waals surface area contributed by atoms with Crippen molar-refractivity contribution in [2.75, 3.05) is 11.4 Å². The molecule has 0 atom stereocenters. The van der Waals surface area contributed by atoms with Gasteiger partial charge in [0.1, 0.15) is 0 Å². The van der Waals surface area contributed by atoms with Crippen molar-refractivity contribution in [3.05, 3.63) is 58.4 Å². The van der Waals surface area contributed by atoms with Gasteiger partial charge in [-0.25, -0.2) is 0 Å². The maximum Gasteiger partial charge on any atom is 0.0822 e. The van der Waals surface area contributed by atoms with Gasteiger partial charge < -0.3 is 4.90 Å². The minimum atomic E-state index is 0.730. The maximum atomic E-state index is 6.21. The Morgan fingerprint density at radius 1 is 1.22 bits per heavy atom. The van der Waals surface area contributed by atoms with Gasteiger partial charge in [-0.1, -0.05) is 35.4 Å². The monoisotopic (exact) mass is 258 g/mol. The summed E-state index contributed by atoms with van der Waals surface area (Å²) >= 11 is 6.21. The Bertz CT molecular complexity index is 580. The van der Waals surface area contributed by atoms with Gasteiger partial charge in [0.25, 0.3) is 0 Å².